The third kappa shape index (κ3) is 3.39. The lowest BCUT2D eigenvalue weighted by Crippen LogP contribution is -2.31. The lowest BCUT2D eigenvalue weighted by molar-refractivity contribution is -0.149. The van der Waals surface area contributed by atoms with Gasteiger partial charge in [-0.1, -0.05) is 36.7 Å². The van der Waals surface area contributed by atoms with Gasteiger partial charge in [0.25, 0.3) is 5.56 Å². The van der Waals surface area contributed by atoms with E-state index in [1.54, 1.807) is 12.1 Å². The Labute approximate surface area is 160 Å². The number of carbonyl (C=O) groups is 1. The molecule has 3 rings (SSSR count). The van der Waals surface area contributed by atoms with Crippen LogP contribution in [0.3, 0.4) is 0 Å². The van der Waals surface area contributed by atoms with E-state index in [4.69, 9.17) is 16.3 Å². The van der Waals surface area contributed by atoms with Crippen molar-refractivity contribution in [3.8, 4) is 0 Å². The summed E-state index contributed by atoms with van der Waals surface area (Å²) in [5, 5.41) is 1.12. The molecule has 0 aliphatic rings. The van der Waals surface area contributed by atoms with Gasteiger partial charge in [0, 0.05) is 15.5 Å². The van der Waals surface area contributed by atoms with Crippen LogP contribution in [0, 0.1) is 13.8 Å². The standard InChI is InChI=1S/C19H19ClN2O3S/c1-4-15(19(24)25-9-13-7-5-6-8-14(13)20)22-10-21-17-16(18(22)23)11(2)12(3)26-17/h5-8,10,15H,4,9H2,1-3H3/t15-/m1/s1. The highest BCUT2D eigenvalue weighted by Crippen LogP contribution is 2.26. The van der Waals surface area contributed by atoms with Crippen molar-refractivity contribution in [3.63, 3.8) is 0 Å². The molecule has 0 fully saturated rings. The second-order valence-corrected chi connectivity index (χ2v) is 7.65. The van der Waals surface area contributed by atoms with Gasteiger partial charge in [-0.2, -0.15) is 0 Å². The van der Waals surface area contributed by atoms with Gasteiger partial charge in [-0.05, 0) is 31.9 Å². The van der Waals surface area contributed by atoms with E-state index in [-0.39, 0.29) is 12.2 Å². The number of carbonyl (C=O) groups excluding carboxylic acids is 1. The molecule has 0 saturated carbocycles. The Hall–Kier alpha value is -2.18. The first-order valence-corrected chi connectivity index (χ1v) is 9.50. The summed E-state index contributed by atoms with van der Waals surface area (Å²) >= 11 is 7.58. The average Bonchev–Trinajstić information content (AvgIpc) is 2.92. The molecular weight excluding hydrogens is 372 g/mol. The Morgan fingerprint density at radius 1 is 1.35 bits per heavy atom. The van der Waals surface area contributed by atoms with Crippen LogP contribution < -0.4 is 5.56 Å². The zero-order valence-corrected chi connectivity index (χ0v) is 16.4. The van der Waals surface area contributed by atoms with Crippen molar-refractivity contribution < 1.29 is 9.53 Å². The SMILES string of the molecule is CC[C@H](C(=O)OCc1ccccc1Cl)n1cnc2sc(C)c(C)c2c1=O. The smallest absolute Gasteiger partial charge is 0.329 e. The van der Waals surface area contributed by atoms with Crippen molar-refractivity contribution >= 4 is 39.1 Å². The maximum Gasteiger partial charge on any atom is 0.329 e. The molecule has 1 aromatic carbocycles. The molecule has 0 aliphatic heterocycles. The molecule has 2 aromatic heterocycles. The predicted molar refractivity (Wildman–Crippen MR) is 104 cm³/mol. The number of aryl methyl sites for hydroxylation is 2. The summed E-state index contributed by atoms with van der Waals surface area (Å²) < 4.78 is 6.78. The Balaban J connectivity index is 1.89. The summed E-state index contributed by atoms with van der Waals surface area (Å²) in [6, 6.07) is 6.46. The van der Waals surface area contributed by atoms with Crippen LogP contribution >= 0.6 is 22.9 Å². The fourth-order valence-corrected chi connectivity index (χ4v) is 3.99. The van der Waals surface area contributed by atoms with Gasteiger partial charge in [0.15, 0.2) is 0 Å². The first kappa shape index (κ1) is 18.6. The molecule has 0 amide bonds. The highest BCUT2D eigenvalue weighted by molar-refractivity contribution is 7.18. The van der Waals surface area contributed by atoms with Crippen molar-refractivity contribution in [3.05, 3.63) is 62.0 Å². The monoisotopic (exact) mass is 390 g/mol. The Morgan fingerprint density at radius 2 is 2.08 bits per heavy atom. The topological polar surface area (TPSA) is 61.2 Å². The van der Waals surface area contributed by atoms with Gasteiger partial charge in [-0.25, -0.2) is 9.78 Å². The molecule has 0 radical (unpaired) electrons. The van der Waals surface area contributed by atoms with E-state index < -0.39 is 12.0 Å². The molecular formula is C19H19ClN2O3S. The number of nitrogens with zero attached hydrogens (tertiary/aromatic N) is 2. The third-order valence-corrected chi connectivity index (χ3v) is 5.92. The summed E-state index contributed by atoms with van der Waals surface area (Å²) in [7, 11) is 0. The fraction of sp³-hybridized carbons (Fsp3) is 0.316. The Kier molecular flexibility index (Phi) is 5.44. The number of fused-ring (bicyclic) bond motifs is 1. The molecule has 7 heteroatoms. The summed E-state index contributed by atoms with van der Waals surface area (Å²) in [5.74, 6) is -0.472. The van der Waals surface area contributed by atoms with E-state index >= 15 is 0 Å². The van der Waals surface area contributed by atoms with Crippen LogP contribution in [-0.4, -0.2) is 15.5 Å². The maximum atomic E-state index is 12.9. The second kappa shape index (κ2) is 7.60. The molecule has 2 heterocycles. The molecule has 26 heavy (non-hydrogen) atoms. The number of hydrogen-bond donors (Lipinski definition) is 0. The van der Waals surface area contributed by atoms with Crippen molar-refractivity contribution in [2.45, 2.75) is 39.8 Å². The number of esters is 1. The molecule has 0 aliphatic carbocycles. The van der Waals surface area contributed by atoms with E-state index in [1.807, 2.05) is 32.9 Å². The quantitative estimate of drug-likeness (QED) is 0.605. The van der Waals surface area contributed by atoms with Crippen molar-refractivity contribution in [1.29, 1.82) is 0 Å². The van der Waals surface area contributed by atoms with Crippen molar-refractivity contribution in [1.82, 2.24) is 9.55 Å². The molecule has 5 nitrogen and oxygen atoms in total. The molecule has 0 spiro atoms. The van der Waals surface area contributed by atoms with Gasteiger partial charge in [-0.15, -0.1) is 11.3 Å². The van der Waals surface area contributed by atoms with E-state index in [0.29, 0.717) is 21.7 Å². The van der Waals surface area contributed by atoms with E-state index in [2.05, 4.69) is 4.98 Å². The summed E-state index contributed by atoms with van der Waals surface area (Å²) in [6.45, 7) is 5.76. The van der Waals surface area contributed by atoms with Crippen LogP contribution in [0.15, 0.2) is 35.4 Å². The van der Waals surface area contributed by atoms with Gasteiger partial charge >= 0.3 is 5.97 Å². The normalized spacial score (nSPS) is 12.3. The third-order valence-electron chi connectivity index (χ3n) is 4.44. The average molecular weight is 391 g/mol. The van der Waals surface area contributed by atoms with Gasteiger partial charge < -0.3 is 4.74 Å². The number of aromatic nitrogens is 2. The second-order valence-electron chi connectivity index (χ2n) is 6.04. The number of rotatable bonds is 5. The molecule has 3 aromatic rings. The van der Waals surface area contributed by atoms with E-state index in [9.17, 15) is 9.59 Å². The first-order chi connectivity index (χ1) is 12.4. The molecule has 0 unspecified atom stereocenters. The lowest BCUT2D eigenvalue weighted by Gasteiger charge is -2.17. The van der Waals surface area contributed by atoms with Gasteiger partial charge in [0.2, 0.25) is 0 Å². The maximum absolute atomic E-state index is 12.9. The zero-order valence-electron chi connectivity index (χ0n) is 14.8. The minimum Gasteiger partial charge on any atom is -0.459 e. The molecule has 0 bridgehead atoms. The number of hydrogen-bond acceptors (Lipinski definition) is 5. The van der Waals surface area contributed by atoms with Crippen molar-refractivity contribution in [2.24, 2.45) is 0 Å². The minimum atomic E-state index is -0.721. The van der Waals surface area contributed by atoms with Crippen LogP contribution in [0.1, 0.15) is 35.4 Å². The highest BCUT2D eigenvalue weighted by atomic mass is 35.5. The summed E-state index contributed by atoms with van der Waals surface area (Å²) in [4.78, 5) is 31.6. The van der Waals surface area contributed by atoms with Crippen LogP contribution in [-0.2, 0) is 16.1 Å². The van der Waals surface area contributed by atoms with Gasteiger partial charge in [0.05, 0.1) is 11.7 Å². The van der Waals surface area contributed by atoms with Crippen LogP contribution in [0.4, 0.5) is 0 Å². The van der Waals surface area contributed by atoms with Crippen LogP contribution in [0.25, 0.3) is 10.2 Å². The number of ether oxygens (including phenoxy) is 1. The fourth-order valence-electron chi connectivity index (χ4n) is 2.81. The first-order valence-electron chi connectivity index (χ1n) is 8.31. The summed E-state index contributed by atoms with van der Waals surface area (Å²) in [6.07, 6.45) is 1.86. The molecule has 1 atom stereocenters. The molecule has 136 valence electrons. The lowest BCUT2D eigenvalue weighted by atomic mass is 10.2. The largest absolute Gasteiger partial charge is 0.459 e. The van der Waals surface area contributed by atoms with Gasteiger partial charge in [-0.3, -0.25) is 9.36 Å². The highest BCUT2D eigenvalue weighted by Gasteiger charge is 2.24. The molecule has 0 N–H and O–H groups in total. The van der Waals surface area contributed by atoms with Crippen LogP contribution in [0.2, 0.25) is 5.02 Å². The predicted octanol–water partition coefficient (Wildman–Crippen LogP) is 4.42. The van der Waals surface area contributed by atoms with E-state index in [0.717, 1.165) is 16.0 Å². The number of halogens is 1. The van der Waals surface area contributed by atoms with E-state index in [1.165, 1.54) is 22.2 Å². The number of thiophene rings is 1. The zero-order chi connectivity index (χ0) is 18.8. The van der Waals surface area contributed by atoms with Gasteiger partial charge in [0.1, 0.15) is 17.5 Å². The Morgan fingerprint density at radius 3 is 2.77 bits per heavy atom. The minimum absolute atomic E-state index is 0.0655. The Bertz CT molecular complexity index is 1030. The number of benzene rings is 1. The van der Waals surface area contributed by atoms with Crippen molar-refractivity contribution in [2.75, 3.05) is 0 Å². The molecule has 0 saturated heterocycles. The summed E-state index contributed by atoms with van der Waals surface area (Å²) in [5.41, 5.74) is 1.43. The van der Waals surface area contributed by atoms with Crippen LogP contribution in [0.5, 0.6) is 0 Å².